The average molecular weight is 650 g/mol. The lowest BCUT2D eigenvalue weighted by atomic mass is 10.0. The van der Waals surface area contributed by atoms with Crippen molar-refractivity contribution in [2.45, 2.75) is 25.0 Å². The quantitative estimate of drug-likeness (QED) is 0.256. The number of benzene rings is 2. The molecule has 13 heteroatoms. The monoisotopic (exact) mass is 649 g/mol. The van der Waals surface area contributed by atoms with Gasteiger partial charge >= 0.3 is 0 Å². The van der Waals surface area contributed by atoms with Gasteiger partial charge in [0.25, 0.3) is 5.91 Å². The number of ether oxygens (including phenoxy) is 1. The van der Waals surface area contributed by atoms with Gasteiger partial charge < -0.3 is 19.9 Å². The number of nitrogens with one attached hydrogen (secondary N) is 2. The fourth-order valence-corrected chi connectivity index (χ4v) is 6.57. The number of aromatic nitrogens is 5. The topological polar surface area (TPSA) is 132 Å². The number of H-pyrrole nitrogens is 1. The molecule has 2 saturated heterocycles. The Hall–Kier alpha value is -5.27. The van der Waals surface area contributed by atoms with Gasteiger partial charge in [0, 0.05) is 86.7 Å². The summed E-state index contributed by atoms with van der Waals surface area (Å²) >= 11 is 0. The van der Waals surface area contributed by atoms with Gasteiger partial charge in [-0.05, 0) is 74.0 Å². The summed E-state index contributed by atoms with van der Waals surface area (Å²) in [6.07, 6.45) is 5.64. The molecule has 2 fully saturated rings. The van der Waals surface area contributed by atoms with E-state index < -0.39 is 5.60 Å². The molecule has 3 aromatic heterocycles. The smallest absolute Gasteiger partial charge is 0.258 e. The maximum atomic E-state index is 13.7. The lowest BCUT2D eigenvalue weighted by Crippen LogP contribution is -2.56. The molecule has 2 amide bonds. The SMILES string of the molecule is CO[C@@]1(C(=O)Nc2ccc3[nH]nc(-c4ccc(F)cc4)c3c2)CCN(CC(=O)N2CCN(c3ccc(-c4ncccn4)cn3)C[C@H]2C)C1. The predicted molar refractivity (Wildman–Crippen MR) is 180 cm³/mol. The minimum Gasteiger partial charge on any atom is -0.367 e. The molecule has 0 saturated carbocycles. The minimum absolute atomic E-state index is 0.0131. The molecule has 0 radical (unpaired) electrons. The number of aromatic amines is 1. The number of pyridine rings is 1. The molecule has 0 spiro atoms. The van der Waals surface area contributed by atoms with Crippen LogP contribution in [-0.4, -0.2) is 105 Å². The first kappa shape index (κ1) is 31.3. The van der Waals surface area contributed by atoms with E-state index in [4.69, 9.17) is 4.74 Å². The summed E-state index contributed by atoms with van der Waals surface area (Å²) < 4.78 is 19.3. The number of amides is 2. The molecule has 5 heterocycles. The van der Waals surface area contributed by atoms with Crippen LogP contribution in [0.1, 0.15) is 13.3 Å². The molecule has 0 bridgehead atoms. The van der Waals surface area contributed by atoms with Crippen molar-refractivity contribution in [3.05, 3.63) is 85.1 Å². The highest BCUT2D eigenvalue weighted by Crippen LogP contribution is 2.31. The van der Waals surface area contributed by atoms with Gasteiger partial charge in [-0.15, -0.1) is 0 Å². The summed E-state index contributed by atoms with van der Waals surface area (Å²) in [6.45, 7) is 5.00. The Bertz CT molecular complexity index is 1920. The summed E-state index contributed by atoms with van der Waals surface area (Å²) in [5.41, 5.74) is 2.56. The number of carbonyl (C=O) groups is 2. The zero-order valence-corrected chi connectivity index (χ0v) is 26.8. The third-order valence-corrected chi connectivity index (χ3v) is 9.26. The first-order chi connectivity index (χ1) is 23.3. The number of likely N-dealkylation sites (tertiary alicyclic amines) is 1. The third kappa shape index (κ3) is 6.21. The van der Waals surface area contributed by atoms with Gasteiger partial charge in [0.15, 0.2) is 11.4 Å². The number of anilines is 2. The van der Waals surface area contributed by atoms with E-state index in [1.807, 2.05) is 41.0 Å². The number of carbonyl (C=O) groups excluding carboxylic acids is 2. The largest absolute Gasteiger partial charge is 0.367 e. The van der Waals surface area contributed by atoms with Gasteiger partial charge in [-0.1, -0.05) is 0 Å². The van der Waals surface area contributed by atoms with Gasteiger partial charge in [-0.2, -0.15) is 5.10 Å². The van der Waals surface area contributed by atoms with Crippen LogP contribution in [0.15, 0.2) is 79.3 Å². The number of fused-ring (bicyclic) bond motifs is 1. The molecule has 2 aromatic carbocycles. The molecule has 0 aliphatic carbocycles. The van der Waals surface area contributed by atoms with Crippen molar-refractivity contribution < 1.29 is 18.7 Å². The lowest BCUT2D eigenvalue weighted by molar-refractivity contribution is -0.138. The first-order valence-electron chi connectivity index (χ1n) is 15.9. The van der Waals surface area contributed by atoms with E-state index in [-0.39, 0.29) is 30.2 Å². The van der Waals surface area contributed by atoms with Gasteiger partial charge in [-0.3, -0.25) is 19.6 Å². The Morgan fingerprint density at radius 1 is 1.02 bits per heavy atom. The second kappa shape index (κ2) is 13.1. The van der Waals surface area contributed by atoms with Crippen molar-refractivity contribution in [2.75, 3.05) is 56.6 Å². The van der Waals surface area contributed by atoms with Crippen LogP contribution in [0, 0.1) is 5.82 Å². The molecule has 2 aliphatic heterocycles. The van der Waals surface area contributed by atoms with E-state index in [0.29, 0.717) is 56.4 Å². The number of nitrogens with zero attached hydrogens (tertiary/aromatic N) is 7. The molecule has 2 atom stereocenters. The Morgan fingerprint density at radius 3 is 2.54 bits per heavy atom. The van der Waals surface area contributed by atoms with Crippen LogP contribution in [0.25, 0.3) is 33.5 Å². The lowest BCUT2D eigenvalue weighted by Gasteiger charge is -2.41. The van der Waals surface area contributed by atoms with E-state index in [0.717, 1.165) is 27.8 Å². The second-order valence-electron chi connectivity index (χ2n) is 12.3. The van der Waals surface area contributed by atoms with Crippen LogP contribution in [-0.2, 0) is 14.3 Å². The Kier molecular flexibility index (Phi) is 8.54. The van der Waals surface area contributed by atoms with Gasteiger partial charge in [0.1, 0.15) is 11.6 Å². The maximum absolute atomic E-state index is 13.7. The Labute approximate surface area is 277 Å². The normalized spacial score (nSPS) is 19.9. The maximum Gasteiger partial charge on any atom is 0.258 e. The highest BCUT2D eigenvalue weighted by atomic mass is 19.1. The van der Waals surface area contributed by atoms with E-state index >= 15 is 0 Å². The predicted octanol–water partition coefficient (Wildman–Crippen LogP) is 3.99. The number of methoxy groups -OCH3 is 1. The van der Waals surface area contributed by atoms with Gasteiger partial charge in [-0.25, -0.2) is 19.3 Å². The molecule has 48 heavy (non-hydrogen) atoms. The van der Waals surface area contributed by atoms with Crippen LogP contribution >= 0.6 is 0 Å². The van der Waals surface area contributed by atoms with E-state index in [1.165, 1.54) is 19.2 Å². The summed E-state index contributed by atoms with van der Waals surface area (Å²) in [4.78, 5) is 46.4. The van der Waals surface area contributed by atoms with Crippen molar-refractivity contribution >= 4 is 34.2 Å². The molecule has 12 nitrogen and oxygen atoms in total. The van der Waals surface area contributed by atoms with Gasteiger partial charge in [0.05, 0.1) is 17.8 Å². The summed E-state index contributed by atoms with van der Waals surface area (Å²) in [5.74, 6) is 0.909. The van der Waals surface area contributed by atoms with E-state index in [1.54, 1.807) is 42.9 Å². The van der Waals surface area contributed by atoms with Crippen molar-refractivity contribution in [1.82, 2.24) is 34.9 Å². The number of piperazine rings is 1. The number of halogens is 1. The fraction of sp³-hybridized carbons (Fsp3) is 0.314. The molecule has 7 rings (SSSR count). The Balaban J connectivity index is 0.956. The summed E-state index contributed by atoms with van der Waals surface area (Å²) in [7, 11) is 1.53. The summed E-state index contributed by atoms with van der Waals surface area (Å²) in [5, 5.41) is 11.2. The van der Waals surface area contributed by atoms with E-state index in [9.17, 15) is 14.0 Å². The van der Waals surface area contributed by atoms with Crippen LogP contribution < -0.4 is 10.2 Å². The molecule has 0 unspecified atom stereocenters. The van der Waals surface area contributed by atoms with Crippen LogP contribution in [0.5, 0.6) is 0 Å². The summed E-state index contributed by atoms with van der Waals surface area (Å²) in [6, 6.07) is 17.3. The molecule has 2 aliphatic rings. The van der Waals surface area contributed by atoms with Crippen LogP contribution in [0.4, 0.5) is 15.9 Å². The number of rotatable bonds is 8. The number of hydrogen-bond acceptors (Lipinski definition) is 9. The fourth-order valence-electron chi connectivity index (χ4n) is 6.57. The number of hydrogen-bond donors (Lipinski definition) is 2. The highest BCUT2D eigenvalue weighted by Gasteiger charge is 2.46. The second-order valence-corrected chi connectivity index (χ2v) is 12.3. The zero-order chi connectivity index (χ0) is 33.3. The highest BCUT2D eigenvalue weighted by molar-refractivity contribution is 6.01. The standard InChI is InChI=1S/C35H36FN9O3/c1-23-20-44(30-11-6-25(19-39-30)33-37-13-3-14-38-33)16-17-45(23)31(46)21-43-15-12-35(22-43,48-2)34(47)40-27-9-10-29-28(18-27)32(42-41-29)24-4-7-26(36)8-5-24/h3-11,13-14,18-19,23H,12,15-17,20-22H2,1-2H3,(H,40,47)(H,41,42)/t23-,35+/m1/s1. The van der Waals surface area contributed by atoms with Crippen LogP contribution in [0.2, 0.25) is 0 Å². The van der Waals surface area contributed by atoms with E-state index in [2.05, 4.69) is 35.4 Å². The van der Waals surface area contributed by atoms with Gasteiger partial charge in [0.2, 0.25) is 5.91 Å². The van der Waals surface area contributed by atoms with Crippen molar-refractivity contribution in [2.24, 2.45) is 0 Å². The molecule has 2 N–H and O–H groups in total. The molecule has 5 aromatic rings. The molecule has 246 valence electrons. The minimum atomic E-state index is -1.10. The Morgan fingerprint density at radius 2 is 1.81 bits per heavy atom. The molecular weight excluding hydrogens is 613 g/mol. The van der Waals surface area contributed by atoms with Crippen molar-refractivity contribution in [3.8, 4) is 22.6 Å². The van der Waals surface area contributed by atoms with Crippen molar-refractivity contribution in [3.63, 3.8) is 0 Å². The van der Waals surface area contributed by atoms with Crippen molar-refractivity contribution in [1.29, 1.82) is 0 Å². The molecular formula is C35H36FN9O3. The van der Waals surface area contributed by atoms with Crippen LogP contribution in [0.3, 0.4) is 0 Å². The average Bonchev–Trinajstić information content (AvgIpc) is 3.74. The third-order valence-electron chi connectivity index (χ3n) is 9.26. The first-order valence-corrected chi connectivity index (χ1v) is 15.9. The zero-order valence-electron chi connectivity index (χ0n) is 26.8.